The van der Waals surface area contributed by atoms with Crippen molar-refractivity contribution < 1.29 is 23.6 Å². The number of esters is 1. The third-order valence-electron chi connectivity index (χ3n) is 4.10. The van der Waals surface area contributed by atoms with E-state index in [9.17, 15) is 24.1 Å². The first-order valence-corrected chi connectivity index (χ1v) is 7.90. The zero-order chi connectivity index (χ0) is 18.7. The summed E-state index contributed by atoms with van der Waals surface area (Å²) >= 11 is 0. The number of non-ortho nitro benzene ring substituents is 1. The average Bonchev–Trinajstić information content (AvgIpc) is 3.41. The summed E-state index contributed by atoms with van der Waals surface area (Å²) in [5.74, 6) is -1.69. The normalized spacial score (nSPS) is 18.0. The highest BCUT2D eigenvalue weighted by Crippen LogP contribution is 2.48. The van der Waals surface area contributed by atoms with E-state index in [1.807, 2.05) is 0 Å². The smallest absolute Gasteiger partial charge is 0.310 e. The Balaban J connectivity index is 1.45. The van der Waals surface area contributed by atoms with Crippen LogP contribution in [0.1, 0.15) is 17.9 Å². The Kier molecular flexibility index (Phi) is 4.92. The zero-order valence-corrected chi connectivity index (χ0v) is 13.6. The van der Waals surface area contributed by atoms with Crippen molar-refractivity contribution in [2.75, 3.05) is 11.9 Å². The number of nitro benzene ring substituents is 1. The van der Waals surface area contributed by atoms with Crippen LogP contribution in [0, 0.1) is 21.8 Å². The number of hydrogen-bond acceptors (Lipinski definition) is 5. The van der Waals surface area contributed by atoms with E-state index in [-0.39, 0.29) is 23.3 Å². The average molecular weight is 358 g/mol. The lowest BCUT2D eigenvalue weighted by Crippen LogP contribution is -2.21. The summed E-state index contributed by atoms with van der Waals surface area (Å²) in [5.41, 5.74) is 1.14. The first-order valence-electron chi connectivity index (χ1n) is 7.90. The van der Waals surface area contributed by atoms with Gasteiger partial charge in [-0.2, -0.15) is 0 Å². The monoisotopic (exact) mass is 358 g/mol. The van der Waals surface area contributed by atoms with Crippen molar-refractivity contribution in [3.05, 3.63) is 70.0 Å². The van der Waals surface area contributed by atoms with Gasteiger partial charge in [0, 0.05) is 17.8 Å². The molecular weight excluding hydrogens is 343 g/mol. The van der Waals surface area contributed by atoms with Crippen LogP contribution in [0.25, 0.3) is 0 Å². The fourth-order valence-corrected chi connectivity index (χ4v) is 2.64. The molecule has 1 aliphatic rings. The van der Waals surface area contributed by atoms with Gasteiger partial charge in [-0.1, -0.05) is 12.1 Å². The van der Waals surface area contributed by atoms with E-state index < -0.39 is 23.4 Å². The van der Waals surface area contributed by atoms with Gasteiger partial charge in [0.15, 0.2) is 6.61 Å². The number of carbonyl (C=O) groups excluding carboxylic acids is 2. The molecule has 0 aliphatic heterocycles. The number of amides is 1. The van der Waals surface area contributed by atoms with Crippen LogP contribution in [0.3, 0.4) is 0 Å². The summed E-state index contributed by atoms with van der Waals surface area (Å²) in [6.45, 7) is -0.442. The van der Waals surface area contributed by atoms with Crippen LogP contribution in [0.2, 0.25) is 0 Å². The number of benzene rings is 2. The van der Waals surface area contributed by atoms with Crippen LogP contribution in [0.4, 0.5) is 15.8 Å². The Bertz CT molecular complexity index is 836. The number of hydrogen-bond donors (Lipinski definition) is 1. The maximum absolute atomic E-state index is 12.9. The third-order valence-corrected chi connectivity index (χ3v) is 4.10. The Morgan fingerprint density at radius 1 is 1.15 bits per heavy atom. The molecule has 0 saturated heterocycles. The van der Waals surface area contributed by atoms with E-state index in [0.717, 1.165) is 5.56 Å². The number of halogens is 1. The minimum Gasteiger partial charge on any atom is -0.455 e. The first kappa shape index (κ1) is 17.5. The minimum absolute atomic E-state index is 0.0131. The van der Waals surface area contributed by atoms with Gasteiger partial charge < -0.3 is 10.1 Å². The van der Waals surface area contributed by atoms with E-state index in [0.29, 0.717) is 12.1 Å². The number of anilines is 1. The van der Waals surface area contributed by atoms with Crippen molar-refractivity contribution in [2.24, 2.45) is 5.92 Å². The van der Waals surface area contributed by atoms with Crippen molar-refractivity contribution in [3.8, 4) is 0 Å². The molecule has 1 amide bonds. The number of rotatable bonds is 6. The molecule has 7 nitrogen and oxygen atoms in total. The fraction of sp³-hybridized carbons (Fsp3) is 0.222. The Morgan fingerprint density at radius 3 is 2.42 bits per heavy atom. The molecule has 134 valence electrons. The van der Waals surface area contributed by atoms with Gasteiger partial charge in [-0.15, -0.1) is 0 Å². The molecule has 2 unspecified atom stereocenters. The quantitative estimate of drug-likeness (QED) is 0.486. The van der Waals surface area contributed by atoms with Crippen molar-refractivity contribution in [1.29, 1.82) is 0 Å². The maximum atomic E-state index is 12.9. The SMILES string of the molecule is O=C(COC(=O)C1CC1c1ccc(F)cc1)Nc1ccc([N+](=O)[O-])cc1. The molecular formula is C18H15FN2O5. The second kappa shape index (κ2) is 7.30. The van der Waals surface area contributed by atoms with E-state index in [1.54, 1.807) is 12.1 Å². The molecule has 1 aliphatic carbocycles. The van der Waals surface area contributed by atoms with Gasteiger partial charge >= 0.3 is 5.97 Å². The number of carbonyl (C=O) groups is 2. The molecule has 0 spiro atoms. The van der Waals surface area contributed by atoms with Gasteiger partial charge in [-0.3, -0.25) is 19.7 Å². The summed E-state index contributed by atoms with van der Waals surface area (Å²) in [5, 5.41) is 13.1. The first-order chi connectivity index (χ1) is 12.4. The van der Waals surface area contributed by atoms with Gasteiger partial charge in [0.2, 0.25) is 0 Å². The Labute approximate surface area is 147 Å². The molecule has 2 atom stereocenters. The van der Waals surface area contributed by atoms with Crippen LogP contribution in [0.15, 0.2) is 48.5 Å². The maximum Gasteiger partial charge on any atom is 0.310 e. The summed E-state index contributed by atoms with van der Waals surface area (Å²) in [7, 11) is 0. The Hall–Kier alpha value is -3.29. The molecule has 8 heteroatoms. The molecule has 26 heavy (non-hydrogen) atoms. The predicted octanol–water partition coefficient (Wildman–Crippen LogP) is 3.02. The van der Waals surface area contributed by atoms with Crippen LogP contribution in [0.5, 0.6) is 0 Å². The number of nitro groups is 1. The summed E-state index contributed by atoms with van der Waals surface area (Å²) in [4.78, 5) is 33.8. The van der Waals surface area contributed by atoms with Crippen molar-refractivity contribution in [3.63, 3.8) is 0 Å². The molecule has 0 aromatic heterocycles. The van der Waals surface area contributed by atoms with Crippen LogP contribution < -0.4 is 5.32 Å². The second-order valence-electron chi connectivity index (χ2n) is 5.96. The van der Waals surface area contributed by atoms with Gasteiger partial charge in [-0.05, 0) is 42.2 Å². The lowest BCUT2D eigenvalue weighted by molar-refractivity contribution is -0.384. The van der Waals surface area contributed by atoms with E-state index >= 15 is 0 Å². The van der Waals surface area contributed by atoms with Crippen molar-refractivity contribution >= 4 is 23.3 Å². The van der Waals surface area contributed by atoms with E-state index in [1.165, 1.54) is 36.4 Å². The number of nitrogens with zero attached hydrogens (tertiary/aromatic N) is 1. The zero-order valence-electron chi connectivity index (χ0n) is 13.6. The highest BCUT2D eigenvalue weighted by atomic mass is 19.1. The van der Waals surface area contributed by atoms with Crippen LogP contribution in [-0.2, 0) is 14.3 Å². The fourth-order valence-electron chi connectivity index (χ4n) is 2.64. The number of nitrogens with one attached hydrogen (secondary N) is 1. The van der Waals surface area contributed by atoms with Crippen LogP contribution in [-0.4, -0.2) is 23.4 Å². The number of ether oxygens (including phenoxy) is 1. The molecule has 1 N–H and O–H groups in total. The van der Waals surface area contributed by atoms with Crippen molar-refractivity contribution in [1.82, 2.24) is 0 Å². The largest absolute Gasteiger partial charge is 0.455 e. The standard InChI is InChI=1S/C18H15FN2O5/c19-12-3-1-11(2-4-12)15-9-16(15)18(23)26-10-17(22)20-13-5-7-14(8-6-13)21(24)25/h1-8,15-16H,9-10H2,(H,20,22). The lowest BCUT2D eigenvalue weighted by Gasteiger charge is -2.06. The molecule has 0 heterocycles. The summed E-state index contributed by atoms with van der Waals surface area (Å²) in [6.07, 6.45) is 0.606. The third kappa shape index (κ3) is 4.21. The molecule has 0 radical (unpaired) electrons. The highest BCUT2D eigenvalue weighted by molar-refractivity contribution is 5.93. The van der Waals surface area contributed by atoms with E-state index in [4.69, 9.17) is 4.74 Å². The molecule has 2 aromatic rings. The topological polar surface area (TPSA) is 98.5 Å². The molecule has 1 fully saturated rings. The molecule has 1 saturated carbocycles. The molecule has 3 rings (SSSR count). The molecule has 0 bridgehead atoms. The van der Waals surface area contributed by atoms with Gasteiger partial charge in [0.1, 0.15) is 5.82 Å². The Morgan fingerprint density at radius 2 is 1.81 bits per heavy atom. The summed E-state index contributed by atoms with van der Waals surface area (Å²) < 4.78 is 17.9. The van der Waals surface area contributed by atoms with Gasteiger partial charge in [0.05, 0.1) is 10.8 Å². The molecule has 2 aromatic carbocycles. The van der Waals surface area contributed by atoms with Crippen LogP contribution >= 0.6 is 0 Å². The van der Waals surface area contributed by atoms with Gasteiger partial charge in [0.25, 0.3) is 11.6 Å². The minimum atomic E-state index is -0.541. The predicted molar refractivity (Wildman–Crippen MR) is 89.9 cm³/mol. The summed E-state index contributed by atoms with van der Waals surface area (Å²) in [6, 6.07) is 11.3. The van der Waals surface area contributed by atoms with E-state index in [2.05, 4.69) is 5.32 Å². The second-order valence-corrected chi connectivity index (χ2v) is 5.96. The van der Waals surface area contributed by atoms with Gasteiger partial charge in [-0.25, -0.2) is 4.39 Å². The lowest BCUT2D eigenvalue weighted by atomic mass is 10.1. The van der Waals surface area contributed by atoms with Crippen molar-refractivity contribution in [2.45, 2.75) is 12.3 Å². The highest BCUT2D eigenvalue weighted by Gasteiger charge is 2.45.